The zero-order valence-electron chi connectivity index (χ0n) is 31.6. The quantitative estimate of drug-likeness (QED) is 0.0751. The molecule has 2 heterocycles. The van der Waals surface area contributed by atoms with Crippen molar-refractivity contribution in [1.29, 1.82) is 0 Å². The number of Topliss-reactive ketones (excluding diaryl/α,β-unsaturated/α-hetero) is 1. The van der Waals surface area contributed by atoms with Crippen molar-refractivity contribution < 1.29 is 34.8 Å². The fraction of sp³-hybridized carbons (Fsp3) is 0.707. The molecule has 2 aliphatic rings. The molecule has 0 bridgehead atoms. The van der Waals surface area contributed by atoms with Gasteiger partial charge in [0.25, 0.3) is 0 Å². The van der Waals surface area contributed by atoms with Crippen molar-refractivity contribution in [3.8, 4) is 0 Å². The molecule has 1 fully saturated rings. The summed E-state index contributed by atoms with van der Waals surface area (Å²) in [6, 6.07) is 0. The highest BCUT2D eigenvalue weighted by Crippen LogP contribution is 2.43. The average molecular weight is 686 g/mol. The van der Waals surface area contributed by atoms with Crippen LogP contribution in [0.4, 0.5) is 0 Å². The summed E-state index contributed by atoms with van der Waals surface area (Å²) in [6.45, 7) is 17.5. The third kappa shape index (κ3) is 12.7. The third-order valence-electron chi connectivity index (χ3n) is 11.0. The lowest BCUT2D eigenvalue weighted by molar-refractivity contribution is -0.179. The molecule has 2 aliphatic heterocycles. The maximum absolute atomic E-state index is 12.8. The first-order valence-electron chi connectivity index (χ1n) is 18.6. The molecule has 49 heavy (non-hydrogen) atoms. The number of aliphatic hydroxyl groups is 4. The number of carbonyl (C=O) groups is 2. The first-order chi connectivity index (χ1) is 23.0. The van der Waals surface area contributed by atoms with E-state index in [9.17, 15) is 30.0 Å². The predicted octanol–water partition coefficient (Wildman–Crippen LogP) is 6.74. The fourth-order valence-corrected chi connectivity index (χ4v) is 7.02. The van der Waals surface area contributed by atoms with Crippen LogP contribution in [0.2, 0.25) is 0 Å². The fourth-order valence-electron chi connectivity index (χ4n) is 7.02. The van der Waals surface area contributed by atoms with E-state index < -0.39 is 30.1 Å². The van der Waals surface area contributed by atoms with Crippen molar-refractivity contribution >= 4 is 11.7 Å². The molecule has 12 atom stereocenters. The van der Waals surface area contributed by atoms with Gasteiger partial charge in [0.05, 0.1) is 30.5 Å². The second-order valence-electron chi connectivity index (χ2n) is 15.2. The summed E-state index contributed by atoms with van der Waals surface area (Å²) < 4.78 is 6.68. The Morgan fingerprint density at radius 1 is 1.04 bits per heavy atom. The van der Waals surface area contributed by atoms with E-state index in [0.717, 1.165) is 36.8 Å². The van der Waals surface area contributed by atoms with Crippen LogP contribution in [-0.4, -0.2) is 68.4 Å². The SMILES string of the molecule is CCC1CC(C)C2(NC1=O)OC(CC(O)C(C)CC/C=C/C=C(\C)C(O)C/C=C/C=C/C(O)C(C)C(O)C(C)CCC(C)=O)C(C)C=C2C. The van der Waals surface area contributed by atoms with Gasteiger partial charge in [0, 0.05) is 36.5 Å². The van der Waals surface area contributed by atoms with Crippen LogP contribution in [0.3, 0.4) is 0 Å². The van der Waals surface area contributed by atoms with Crippen molar-refractivity contribution in [3.63, 3.8) is 0 Å². The van der Waals surface area contributed by atoms with Crippen molar-refractivity contribution in [2.24, 2.45) is 35.5 Å². The van der Waals surface area contributed by atoms with Crippen molar-refractivity contribution in [2.45, 2.75) is 150 Å². The van der Waals surface area contributed by atoms with E-state index in [1.54, 1.807) is 25.2 Å². The van der Waals surface area contributed by atoms with Gasteiger partial charge in [-0.2, -0.15) is 0 Å². The molecule has 8 nitrogen and oxygen atoms in total. The van der Waals surface area contributed by atoms with Crippen molar-refractivity contribution in [2.75, 3.05) is 0 Å². The van der Waals surface area contributed by atoms with E-state index in [0.29, 0.717) is 25.7 Å². The number of rotatable bonds is 19. The summed E-state index contributed by atoms with van der Waals surface area (Å²) >= 11 is 0. The molecule has 0 aromatic heterocycles. The first-order valence-corrected chi connectivity index (χ1v) is 18.6. The standard InChI is InChI=1S/C41H67NO7/c1-10-34-24-31(7)41(42-40(34)48)30(6)23-29(5)38(49-41)25-37(46)27(3)18-14-11-13-17-26(2)35(44)19-15-12-16-20-36(45)33(9)39(47)28(4)21-22-32(8)43/h11-13,15-17,20,23,27-29,31,33-39,44-47H,10,14,18-19,21-22,24-25H2,1-9H3,(H,42,48)/b13-11+,15-12+,20-16+,26-17+. The summed E-state index contributed by atoms with van der Waals surface area (Å²) in [5.74, 6) is 0.0669. The lowest BCUT2D eigenvalue weighted by atomic mass is 9.75. The van der Waals surface area contributed by atoms with Gasteiger partial charge in [0.1, 0.15) is 5.78 Å². The molecule has 5 N–H and O–H groups in total. The van der Waals surface area contributed by atoms with Crippen molar-refractivity contribution in [3.05, 3.63) is 59.8 Å². The minimum atomic E-state index is -0.818. The van der Waals surface area contributed by atoms with E-state index in [1.165, 1.54) is 6.92 Å². The predicted molar refractivity (Wildman–Crippen MR) is 197 cm³/mol. The molecule has 0 aromatic carbocycles. The van der Waals surface area contributed by atoms with E-state index >= 15 is 0 Å². The van der Waals surface area contributed by atoms with Crippen LogP contribution in [0.15, 0.2) is 59.8 Å². The Kier molecular flexibility index (Phi) is 17.9. The van der Waals surface area contributed by atoms with Crippen LogP contribution < -0.4 is 5.32 Å². The maximum Gasteiger partial charge on any atom is 0.225 e. The van der Waals surface area contributed by atoms with E-state index in [1.807, 2.05) is 45.9 Å². The van der Waals surface area contributed by atoms with Gasteiger partial charge < -0.3 is 35.3 Å². The zero-order chi connectivity index (χ0) is 36.9. The number of ketones is 1. The molecule has 0 saturated carbocycles. The second kappa shape index (κ2) is 20.5. The lowest BCUT2D eigenvalue weighted by Gasteiger charge is -2.51. The number of hydrogen-bond acceptors (Lipinski definition) is 7. The lowest BCUT2D eigenvalue weighted by Crippen LogP contribution is -2.64. The highest BCUT2D eigenvalue weighted by Gasteiger charge is 2.50. The molecule has 8 heteroatoms. The highest BCUT2D eigenvalue weighted by molar-refractivity contribution is 5.81. The van der Waals surface area contributed by atoms with Crippen LogP contribution in [-0.2, 0) is 14.3 Å². The molecular formula is C41H67NO7. The minimum Gasteiger partial charge on any atom is -0.393 e. The number of ether oxygens (including phenoxy) is 1. The molecule has 1 amide bonds. The Morgan fingerprint density at radius 2 is 1.73 bits per heavy atom. The normalized spacial score (nSPS) is 29.5. The summed E-state index contributed by atoms with van der Waals surface area (Å²) in [6.07, 6.45) is 17.4. The van der Waals surface area contributed by atoms with Crippen LogP contribution in [0.1, 0.15) is 114 Å². The van der Waals surface area contributed by atoms with E-state index in [-0.39, 0.29) is 53.3 Å². The Labute approximate surface area is 296 Å². The van der Waals surface area contributed by atoms with Gasteiger partial charge in [0.2, 0.25) is 5.91 Å². The summed E-state index contributed by atoms with van der Waals surface area (Å²) in [5.41, 5.74) is 1.09. The van der Waals surface area contributed by atoms with Gasteiger partial charge in [-0.05, 0) is 82.3 Å². The van der Waals surface area contributed by atoms with Crippen LogP contribution in [0, 0.1) is 35.5 Å². The Balaban J connectivity index is 1.78. The van der Waals surface area contributed by atoms with Crippen LogP contribution >= 0.6 is 0 Å². The molecule has 12 unspecified atom stereocenters. The number of allylic oxidation sites excluding steroid dienone is 5. The number of amides is 1. The summed E-state index contributed by atoms with van der Waals surface area (Å²) in [7, 11) is 0. The molecule has 0 radical (unpaired) electrons. The van der Waals surface area contributed by atoms with Gasteiger partial charge in [-0.15, -0.1) is 0 Å². The van der Waals surface area contributed by atoms with Crippen LogP contribution in [0.5, 0.6) is 0 Å². The molecule has 1 saturated heterocycles. The smallest absolute Gasteiger partial charge is 0.225 e. The molecule has 2 rings (SSSR count). The van der Waals surface area contributed by atoms with E-state index in [4.69, 9.17) is 4.74 Å². The molecule has 0 aromatic rings. The monoisotopic (exact) mass is 685 g/mol. The molecule has 0 aliphatic carbocycles. The molecule has 278 valence electrons. The Hall–Kier alpha value is -2.36. The van der Waals surface area contributed by atoms with Crippen LogP contribution in [0.25, 0.3) is 0 Å². The third-order valence-corrected chi connectivity index (χ3v) is 11.0. The van der Waals surface area contributed by atoms with Gasteiger partial charge in [0.15, 0.2) is 5.72 Å². The Bertz CT molecular complexity index is 1200. The maximum atomic E-state index is 12.8. The highest BCUT2D eigenvalue weighted by atomic mass is 16.5. The second-order valence-corrected chi connectivity index (χ2v) is 15.2. The number of aliphatic hydroxyl groups excluding tert-OH is 4. The number of carbonyl (C=O) groups excluding carboxylic acids is 2. The molecular weight excluding hydrogens is 618 g/mol. The van der Waals surface area contributed by atoms with E-state index in [2.05, 4.69) is 38.2 Å². The molecule has 1 spiro atoms. The summed E-state index contributed by atoms with van der Waals surface area (Å²) in [5, 5.41) is 45.8. The van der Waals surface area contributed by atoms with Gasteiger partial charge in [-0.3, -0.25) is 4.79 Å². The Morgan fingerprint density at radius 3 is 2.39 bits per heavy atom. The number of nitrogens with one attached hydrogen (secondary N) is 1. The topological polar surface area (TPSA) is 136 Å². The number of piperidine rings is 1. The minimum absolute atomic E-state index is 0.0120. The zero-order valence-corrected chi connectivity index (χ0v) is 31.6. The summed E-state index contributed by atoms with van der Waals surface area (Å²) in [4.78, 5) is 24.0. The average Bonchev–Trinajstić information content (AvgIpc) is 3.05. The first kappa shape index (κ1) is 42.8. The van der Waals surface area contributed by atoms with Gasteiger partial charge in [-0.25, -0.2) is 0 Å². The number of hydrogen-bond donors (Lipinski definition) is 5. The van der Waals surface area contributed by atoms with Gasteiger partial charge in [-0.1, -0.05) is 90.2 Å². The van der Waals surface area contributed by atoms with Crippen molar-refractivity contribution in [1.82, 2.24) is 5.32 Å². The largest absolute Gasteiger partial charge is 0.393 e. The van der Waals surface area contributed by atoms with Gasteiger partial charge >= 0.3 is 0 Å².